The smallest absolute Gasteiger partial charge is 0.319 e. The lowest BCUT2D eigenvalue weighted by molar-refractivity contribution is -0.142. The number of nitrogens with one attached hydrogen (secondary N) is 2. The summed E-state index contributed by atoms with van der Waals surface area (Å²) in [5.74, 6) is 0.630. The highest BCUT2D eigenvalue weighted by Gasteiger charge is 2.16. The van der Waals surface area contributed by atoms with Crippen molar-refractivity contribution in [2.24, 2.45) is 5.92 Å². The summed E-state index contributed by atoms with van der Waals surface area (Å²) in [5, 5.41) is 6.08. The normalized spacial score (nSPS) is 15.5. The van der Waals surface area contributed by atoms with E-state index in [1.165, 1.54) is 32.1 Å². The summed E-state index contributed by atoms with van der Waals surface area (Å²) in [4.78, 5) is 22.9. The van der Waals surface area contributed by atoms with Crippen molar-refractivity contribution in [3.05, 3.63) is 0 Å². The van der Waals surface area contributed by atoms with Crippen molar-refractivity contribution in [1.82, 2.24) is 10.6 Å². The fourth-order valence-corrected chi connectivity index (χ4v) is 2.91. The van der Waals surface area contributed by atoms with Crippen LogP contribution in [0.2, 0.25) is 0 Å². The Morgan fingerprint density at radius 2 is 1.77 bits per heavy atom. The van der Waals surface area contributed by atoms with E-state index in [0.717, 1.165) is 32.4 Å². The molecule has 0 radical (unpaired) electrons. The third kappa shape index (κ3) is 9.77. The zero-order valence-corrected chi connectivity index (χ0v) is 14.0. The van der Waals surface area contributed by atoms with Gasteiger partial charge in [-0.1, -0.05) is 25.7 Å². The van der Waals surface area contributed by atoms with Crippen molar-refractivity contribution in [2.75, 3.05) is 26.2 Å². The number of ether oxygens (including phenoxy) is 1. The molecule has 5 nitrogen and oxygen atoms in total. The Morgan fingerprint density at radius 3 is 2.50 bits per heavy atom. The summed E-state index contributed by atoms with van der Waals surface area (Å²) in [6, 6.07) is 0. The molecule has 5 heteroatoms. The van der Waals surface area contributed by atoms with Gasteiger partial charge in [-0.25, -0.2) is 0 Å². The van der Waals surface area contributed by atoms with Gasteiger partial charge in [-0.2, -0.15) is 0 Å². The number of carbonyl (C=O) groups is 2. The van der Waals surface area contributed by atoms with Crippen LogP contribution in [0.1, 0.15) is 64.7 Å². The summed E-state index contributed by atoms with van der Waals surface area (Å²) in [6.07, 6.45) is 10.1. The van der Waals surface area contributed by atoms with E-state index in [1.54, 1.807) is 6.92 Å². The first-order chi connectivity index (χ1) is 10.7. The molecule has 0 bridgehead atoms. The summed E-state index contributed by atoms with van der Waals surface area (Å²) in [7, 11) is 0. The van der Waals surface area contributed by atoms with E-state index in [-0.39, 0.29) is 18.4 Å². The summed E-state index contributed by atoms with van der Waals surface area (Å²) < 4.78 is 4.83. The predicted octanol–water partition coefficient (Wildman–Crippen LogP) is 2.40. The van der Waals surface area contributed by atoms with Gasteiger partial charge >= 0.3 is 5.97 Å². The molecule has 0 heterocycles. The third-order valence-electron chi connectivity index (χ3n) is 4.13. The van der Waals surface area contributed by atoms with E-state index < -0.39 is 0 Å². The number of unbranched alkanes of at least 4 members (excludes halogenated alkanes) is 2. The van der Waals surface area contributed by atoms with Crippen LogP contribution in [0.5, 0.6) is 0 Å². The molecular formula is C17H32N2O3. The van der Waals surface area contributed by atoms with Crippen LogP contribution in [0, 0.1) is 5.92 Å². The van der Waals surface area contributed by atoms with Crippen LogP contribution in [0.3, 0.4) is 0 Å². The van der Waals surface area contributed by atoms with Crippen molar-refractivity contribution in [3.8, 4) is 0 Å². The highest BCUT2D eigenvalue weighted by atomic mass is 16.5. The minimum Gasteiger partial charge on any atom is -0.465 e. The lowest BCUT2D eigenvalue weighted by Crippen LogP contribution is -2.27. The van der Waals surface area contributed by atoms with Crippen molar-refractivity contribution in [1.29, 1.82) is 0 Å². The zero-order valence-electron chi connectivity index (χ0n) is 14.0. The van der Waals surface area contributed by atoms with Crippen LogP contribution in [0.4, 0.5) is 0 Å². The maximum absolute atomic E-state index is 11.8. The van der Waals surface area contributed by atoms with E-state index in [0.29, 0.717) is 18.9 Å². The average molecular weight is 312 g/mol. The molecule has 0 aromatic carbocycles. The molecule has 0 aromatic heterocycles. The van der Waals surface area contributed by atoms with Gasteiger partial charge in [0, 0.05) is 13.0 Å². The SMILES string of the molecule is CCOC(=O)CNCCCCCNC(=O)CC1CCCCC1. The van der Waals surface area contributed by atoms with Gasteiger partial charge in [0.15, 0.2) is 0 Å². The van der Waals surface area contributed by atoms with Gasteiger partial charge in [0.1, 0.15) is 0 Å². The molecule has 2 N–H and O–H groups in total. The molecule has 0 aliphatic heterocycles. The van der Waals surface area contributed by atoms with Crippen LogP contribution in [0.25, 0.3) is 0 Å². The first-order valence-corrected chi connectivity index (χ1v) is 8.85. The van der Waals surface area contributed by atoms with Gasteiger partial charge in [-0.15, -0.1) is 0 Å². The van der Waals surface area contributed by atoms with Gasteiger partial charge in [-0.05, 0) is 45.1 Å². The molecule has 1 aliphatic rings. The van der Waals surface area contributed by atoms with Gasteiger partial charge in [0.05, 0.1) is 13.2 Å². The van der Waals surface area contributed by atoms with Crippen molar-refractivity contribution in [2.45, 2.75) is 64.7 Å². The third-order valence-corrected chi connectivity index (χ3v) is 4.13. The minimum absolute atomic E-state index is 0.197. The number of amides is 1. The van der Waals surface area contributed by atoms with Crippen molar-refractivity contribution < 1.29 is 14.3 Å². The Bertz CT molecular complexity index is 315. The van der Waals surface area contributed by atoms with Gasteiger partial charge in [0.25, 0.3) is 0 Å². The predicted molar refractivity (Wildman–Crippen MR) is 87.6 cm³/mol. The Balaban J connectivity index is 1.86. The molecule has 0 unspecified atom stereocenters. The molecule has 1 aliphatic carbocycles. The summed E-state index contributed by atoms with van der Waals surface area (Å²) in [5.41, 5.74) is 0. The number of esters is 1. The molecule has 0 aromatic rings. The first kappa shape index (κ1) is 18.9. The monoisotopic (exact) mass is 312 g/mol. The van der Waals surface area contributed by atoms with E-state index in [2.05, 4.69) is 10.6 Å². The maximum atomic E-state index is 11.8. The molecule has 128 valence electrons. The molecule has 0 spiro atoms. The topological polar surface area (TPSA) is 67.4 Å². The zero-order chi connectivity index (χ0) is 16.0. The molecule has 0 atom stereocenters. The van der Waals surface area contributed by atoms with Gasteiger partial charge in [-0.3, -0.25) is 9.59 Å². The Hall–Kier alpha value is -1.10. The van der Waals surface area contributed by atoms with Crippen LogP contribution in [0.15, 0.2) is 0 Å². The number of carbonyl (C=O) groups excluding carboxylic acids is 2. The second-order valence-electron chi connectivity index (χ2n) is 6.10. The van der Waals surface area contributed by atoms with Crippen LogP contribution in [-0.4, -0.2) is 38.1 Å². The standard InChI is InChI=1S/C17H32N2O3/c1-2-22-17(21)14-18-11-7-4-8-12-19-16(20)13-15-9-5-3-6-10-15/h15,18H,2-14H2,1H3,(H,19,20). The summed E-state index contributed by atoms with van der Waals surface area (Å²) in [6.45, 7) is 4.10. The Labute approximate surface area is 134 Å². The molecular weight excluding hydrogens is 280 g/mol. The highest BCUT2D eigenvalue weighted by Crippen LogP contribution is 2.25. The van der Waals surface area contributed by atoms with Gasteiger partial charge in [0.2, 0.25) is 5.91 Å². The van der Waals surface area contributed by atoms with Crippen molar-refractivity contribution >= 4 is 11.9 Å². The number of hydrogen-bond acceptors (Lipinski definition) is 4. The quantitative estimate of drug-likeness (QED) is 0.454. The van der Waals surface area contributed by atoms with E-state index in [9.17, 15) is 9.59 Å². The summed E-state index contributed by atoms with van der Waals surface area (Å²) >= 11 is 0. The van der Waals surface area contributed by atoms with E-state index in [1.807, 2.05) is 0 Å². The lowest BCUT2D eigenvalue weighted by atomic mass is 9.87. The Kier molecular flexibility index (Phi) is 10.7. The Morgan fingerprint density at radius 1 is 1.05 bits per heavy atom. The fraction of sp³-hybridized carbons (Fsp3) is 0.882. The van der Waals surface area contributed by atoms with E-state index in [4.69, 9.17) is 4.74 Å². The van der Waals surface area contributed by atoms with Crippen LogP contribution < -0.4 is 10.6 Å². The van der Waals surface area contributed by atoms with Crippen LogP contribution in [-0.2, 0) is 14.3 Å². The van der Waals surface area contributed by atoms with E-state index >= 15 is 0 Å². The number of hydrogen-bond donors (Lipinski definition) is 2. The fourth-order valence-electron chi connectivity index (χ4n) is 2.91. The second-order valence-corrected chi connectivity index (χ2v) is 6.10. The molecule has 22 heavy (non-hydrogen) atoms. The van der Waals surface area contributed by atoms with Gasteiger partial charge < -0.3 is 15.4 Å². The molecule has 1 fully saturated rings. The molecule has 0 saturated heterocycles. The highest BCUT2D eigenvalue weighted by molar-refractivity contribution is 5.76. The second kappa shape index (κ2) is 12.4. The molecule has 1 amide bonds. The molecule has 1 rings (SSSR count). The van der Waals surface area contributed by atoms with Crippen LogP contribution >= 0.6 is 0 Å². The number of rotatable bonds is 11. The van der Waals surface area contributed by atoms with Crippen molar-refractivity contribution in [3.63, 3.8) is 0 Å². The first-order valence-electron chi connectivity index (χ1n) is 8.85. The molecule has 1 saturated carbocycles. The largest absolute Gasteiger partial charge is 0.465 e. The lowest BCUT2D eigenvalue weighted by Gasteiger charge is -2.20. The maximum Gasteiger partial charge on any atom is 0.319 e. The minimum atomic E-state index is -0.197. The average Bonchev–Trinajstić information content (AvgIpc) is 2.51.